The number of aromatic hydroxyl groups is 1. The van der Waals surface area contributed by atoms with Crippen molar-refractivity contribution in [1.82, 2.24) is 0 Å². The molecule has 0 amide bonds. The maximum Gasteiger partial charge on any atom is 0.418 e. The number of halogens is 3. The number of nitrogens with zero attached hydrogens (tertiary/aromatic N) is 2. The lowest BCUT2D eigenvalue weighted by atomic mass is 9.66. The largest absolute Gasteiger partial charge is 0.504 e. The molecule has 0 saturated carbocycles. The topological polar surface area (TPSA) is 97.4 Å². The zero-order chi connectivity index (χ0) is 25.7. The van der Waals surface area contributed by atoms with E-state index in [-0.39, 0.29) is 52.9 Å². The van der Waals surface area contributed by atoms with Gasteiger partial charge in [-0.2, -0.15) is 18.4 Å². The molecule has 6 nitrogen and oxygen atoms in total. The number of methoxy groups -OCH3 is 1. The van der Waals surface area contributed by atoms with E-state index in [1.165, 1.54) is 43.5 Å². The Morgan fingerprint density at radius 2 is 1.89 bits per heavy atom. The lowest BCUT2D eigenvalue weighted by molar-refractivity contribution is -0.137. The average Bonchev–Trinajstić information content (AvgIpc) is 2.77. The molecule has 0 aromatic heterocycles. The minimum Gasteiger partial charge on any atom is -0.504 e. The normalized spacial score (nSPS) is 22.0. The third-order valence-corrected chi connectivity index (χ3v) is 6.50. The van der Waals surface area contributed by atoms with Crippen molar-refractivity contribution < 1.29 is 27.8 Å². The summed E-state index contributed by atoms with van der Waals surface area (Å²) in [6, 6.07) is 11.3. The summed E-state index contributed by atoms with van der Waals surface area (Å²) >= 11 is 0. The van der Waals surface area contributed by atoms with E-state index >= 15 is 0 Å². The summed E-state index contributed by atoms with van der Waals surface area (Å²) in [5.41, 5.74) is -0.828. The molecule has 35 heavy (non-hydrogen) atoms. The summed E-state index contributed by atoms with van der Waals surface area (Å²) in [6.07, 6.45) is -4.31. The van der Waals surface area contributed by atoms with E-state index in [1.807, 2.05) is 19.9 Å². The van der Waals surface area contributed by atoms with Crippen LogP contribution in [0.15, 0.2) is 53.7 Å². The Morgan fingerprint density at radius 3 is 2.51 bits per heavy atom. The van der Waals surface area contributed by atoms with Gasteiger partial charge in [-0.1, -0.05) is 32.0 Å². The van der Waals surface area contributed by atoms with Crippen LogP contribution >= 0.6 is 0 Å². The first kappa shape index (κ1) is 24.3. The van der Waals surface area contributed by atoms with Gasteiger partial charge in [-0.15, -0.1) is 0 Å². The molecule has 2 N–H and O–H groups in total. The van der Waals surface area contributed by atoms with Crippen molar-refractivity contribution in [1.29, 1.82) is 10.7 Å². The van der Waals surface area contributed by atoms with Crippen LogP contribution in [0.2, 0.25) is 0 Å². The van der Waals surface area contributed by atoms with Crippen LogP contribution < -0.4 is 9.64 Å². The minimum absolute atomic E-state index is 0.126. The second-order valence-corrected chi connectivity index (χ2v) is 9.55. The van der Waals surface area contributed by atoms with Crippen LogP contribution in [0.5, 0.6) is 11.5 Å². The number of phenols is 1. The number of Topliss-reactive ketones (excluding diaryl/α,β-unsaturated/α-hetero) is 1. The lowest BCUT2D eigenvalue weighted by Crippen LogP contribution is -2.48. The molecular weight excluding hydrogens is 459 g/mol. The molecule has 2 aliphatic rings. The number of ketones is 1. The van der Waals surface area contributed by atoms with E-state index in [0.29, 0.717) is 5.56 Å². The van der Waals surface area contributed by atoms with Gasteiger partial charge in [-0.05, 0) is 41.7 Å². The van der Waals surface area contributed by atoms with Crippen LogP contribution in [0.1, 0.15) is 43.7 Å². The fourth-order valence-electron chi connectivity index (χ4n) is 5.03. The van der Waals surface area contributed by atoms with E-state index in [0.717, 1.165) is 11.0 Å². The maximum absolute atomic E-state index is 13.9. The van der Waals surface area contributed by atoms with Crippen molar-refractivity contribution in [2.45, 2.75) is 38.8 Å². The minimum atomic E-state index is -4.70. The number of rotatable bonds is 3. The van der Waals surface area contributed by atoms with E-state index in [1.54, 1.807) is 0 Å². The lowest BCUT2D eigenvalue weighted by Gasteiger charge is -2.46. The van der Waals surface area contributed by atoms with E-state index in [9.17, 15) is 28.3 Å². The Labute approximate surface area is 200 Å². The maximum atomic E-state index is 13.9. The zero-order valence-electron chi connectivity index (χ0n) is 19.4. The number of carbonyl (C=O) groups is 1. The standard InChI is InChI=1S/C26H24F3N3O3/c1-25(2)11-18-23(20(34)12-25)22(14-8-9-19(33)21(10-14)35-3)15(13-30)24(31)32(18)17-7-5-4-6-16(17)26(27,28)29/h4-10,15,22,31,33H,11-12H2,1-3H3. The number of anilines is 1. The quantitative estimate of drug-likeness (QED) is 0.577. The Bertz CT molecular complexity index is 1290. The van der Waals surface area contributed by atoms with Gasteiger partial charge < -0.3 is 14.7 Å². The number of nitrogens with one attached hydrogen (secondary N) is 1. The second kappa shape index (κ2) is 8.45. The molecule has 2 aromatic rings. The van der Waals surface area contributed by atoms with Gasteiger partial charge in [0.25, 0.3) is 0 Å². The van der Waals surface area contributed by atoms with Crippen molar-refractivity contribution in [2.24, 2.45) is 11.3 Å². The number of amidine groups is 1. The predicted octanol–water partition coefficient (Wildman–Crippen LogP) is 5.78. The molecule has 1 aliphatic heterocycles. The summed E-state index contributed by atoms with van der Waals surface area (Å²) in [7, 11) is 1.36. The summed E-state index contributed by atoms with van der Waals surface area (Å²) in [6.45, 7) is 3.70. The van der Waals surface area contributed by atoms with Crippen LogP contribution in [-0.2, 0) is 11.0 Å². The van der Waals surface area contributed by atoms with Gasteiger partial charge in [0, 0.05) is 23.6 Å². The first-order valence-electron chi connectivity index (χ1n) is 11.0. The molecule has 2 unspecified atom stereocenters. The number of allylic oxidation sites excluding steroid dienone is 2. The molecule has 2 atom stereocenters. The summed E-state index contributed by atoms with van der Waals surface area (Å²) in [5, 5.41) is 29.0. The van der Waals surface area contributed by atoms with Crippen molar-refractivity contribution >= 4 is 17.3 Å². The van der Waals surface area contributed by atoms with Crippen LogP contribution in [0.25, 0.3) is 0 Å². The molecule has 1 heterocycles. The second-order valence-electron chi connectivity index (χ2n) is 9.55. The molecule has 2 aromatic carbocycles. The highest BCUT2D eigenvalue weighted by Crippen LogP contribution is 2.52. The highest BCUT2D eigenvalue weighted by atomic mass is 19.4. The molecule has 0 saturated heterocycles. The fourth-order valence-corrected chi connectivity index (χ4v) is 5.03. The Hall–Kier alpha value is -3.80. The molecule has 4 rings (SSSR count). The third-order valence-electron chi connectivity index (χ3n) is 6.50. The van der Waals surface area contributed by atoms with Crippen LogP contribution in [0.3, 0.4) is 0 Å². The molecule has 182 valence electrons. The molecule has 0 spiro atoms. The first-order chi connectivity index (χ1) is 16.4. The number of alkyl halides is 3. The smallest absolute Gasteiger partial charge is 0.418 e. The van der Waals surface area contributed by atoms with Gasteiger partial charge in [0.1, 0.15) is 11.8 Å². The highest BCUT2D eigenvalue weighted by Gasteiger charge is 2.49. The number of hydrogen-bond donors (Lipinski definition) is 2. The van der Waals surface area contributed by atoms with E-state index < -0.39 is 29.0 Å². The Balaban J connectivity index is 2.03. The molecular formula is C26H24F3N3O3. The van der Waals surface area contributed by atoms with Crippen LogP contribution in [-0.4, -0.2) is 23.8 Å². The Morgan fingerprint density at radius 1 is 1.20 bits per heavy atom. The number of nitriles is 1. The van der Waals surface area contributed by atoms with Crippen molar-refractivity contribution in [3.05, 3.63) is 64.9 Å². The number of benzene rings is 2. The number of para-hydroxylation sites is 1. The highest BCUT2D eigenvalue weighted by molar-refractivity contribution is 6.11. The molecule has 9 heteroatoms. The average molecular weight is 483 g/mol. The molecule has 0 bridgehead atoms. The van der Waals surface area contributed by atoms with Gasteiger partial charge in [0.2, 0.25) is 0 Å². The van der Waals surface area contributed by atoms with Crippen molar-refractivity contribution in [2.75, 3.05) is 12.0 Å². The summed E-state index contributed by atoms with van der Waals surface area (Å²) in [5.74, 6) is -2.77. The molecule has 0 radical (unpaired) electrons. The van der Waals surface area contributed by atoms with Crippen molar-refractivity contribution in [3.63, 3.8) is 0 Å². The number of carbonyl (C=O) groups excluding carboxylic acids is 1. The third kappa shape index (κ3) is 4.14. The molecule has 0 fully saturated rings. The fraction of sp³-hybridized carbons (Fsp3) is 0.346. The summed E-state index contributed by atoms with van der Waals surface area (Å²) < 4.78 is 47.0. The SMILES string of the molecule is COc1cc(C2C3=C(CC(C)(C)CC3=O)N(c3ccccc3C(F)(F)F)C(=N)C2C#N)ccc1O. The summed E-state index contributed by atoms with van der Waals surface area (Å²) in [4.78, 5) is 14.6. The van der Waals surface area contributed by atoms with Gasteiger partial charge in [0.05, 0.1) is 24.4 Å². The first-order valence-corrected chi connectivity index (χ1v) is 11.0. The predicted molar refractivity (Wildman–Crippen MR) is 123 cm³/mol. The van der Waals surface area contributed by atoms with Crippen molar-refractivity contribution in [3.8, 4) is 17.6 Å². The van der Waals surface area contributed by atoms with E-state index in [4.69, 9.17) is 10.1 Å². The van der Waals surface area contributed by atoms with E-state index in [2.05, 4.69) is 0 Å². The number of phenolic OH excluding ortho intramolecular Hbond substituents is 1. The Kier molecular flexibility index (Phi) is 5.87. The van der Waals surface area contributed by atoms with Gasteiger partial charge in [0.15, 0.2) is 17.3 Å². The van der Waals surface area contributed by atoms with Gasteiger partial charge in [-0.3, -0.25) is 10.2 Å². The van der Waals surface area contributed by atoms with Crippen LogP contribution in [0.4, 0.5) is 18.9 Å². The number of ether oxygens (including phenoxy) is 1. The van der Waals surface area contributed by atoms with Gasteiger partial charge in [-0.25, -0.2) is 0 Å². The molecule has 1 aliphatic carbocycles. The number of hydrogen-bond acceptors (Lipinski definition) is 5. The zero-order valence-corrected chi connectivity index (χ0v) is 19.4. The monoisotopic (exact) mass is 483 g/mol. The van der Waals surface area contributed by atoms with Gasteiger partial charge >= 0.3 is 6.18 Å². The van der Waals surface area contributed by atoms with Crippen LogP contribution in [0, 0.1) is 28.1 Å².